The SMILES string of the molecule is c1ccc([Si](c2ccccc2)(c2ccc3sc4ccccc4c3c2)c2cccc3c2c2ccccc2n3-c2ccc3c(c2)c2ccccc2n3-c2ccc3sc4ccccc4c3c2)cc1. The summed E-state index contributed by atoms with van der Waals surface area (Å²) >= 11 is 3.75. The summed E-state index contributed by atoms with van der Waals surface area (Å²) in [5.41, 5.74) is 7.16. The van der Waals surface area contributed by atoms with Gasteiger partial charge in [0.1, 0.15) is 0 Å². The van der Waals surface area contributed by atoms with Gasteiger partial charge < -0.3 is 9.13 Å². The minimum atomic E-state index is -3.00. The van der Waals surface area contributed by atoms with E-state index in [0.29, 0.717) is 0 Å². The standard InChI is InChI=1S/C60H38N2S2Si/c1-3-16-41(17-4-1)65(42-18-5-2-6-19-42,43-32-35-58-50(38-43)46-22-10-14-28-56(46)64-58)59-29-15-26-54-60(59)47-23-8-12-25-52(47)62(54)39-30-33-53-48(36-39)44-20-7-11-24-51(44)61(53)40-31-34-57-49(37-40)45-21-9-13-27-55(45)63-57/h1-38H. The summed E-state index contributed by atoms with van der Waals surface area (Å²) in [6.45, 7) is 0. The lowest BCUT2D eigenvalue weighted by atomic mass is 10.1. The zero-order chi connectivity index (χ0) is 42.6. The fourth-order valence-electron chi connectivity index (χ4n) is 11.1. The highest BCUT2D eigenvalue weighted by atomic mass is 32.1. The number of hydrogen-bond acceptors (Lipinski definition) is 2. The van der Waals surface area contributed by atoms with Gasteiger partial charge in [-0.3, -0.25) is 0 Å². The molecule has 0 unspecified atom stereocenters. The van der Waals surface area contributed by atoms with Crippen LogP contribution in [-0.4, -0.2) is 17.2 Å². The van der Waals surface area contributed by atoms with Crippen molar-refractivity contribution in [1.82, 2.24) is 9.13 Å². The summed E-state index contributed by atoms with van der Waals surface area (Å²) < 4.78 is 10.3. The van der Waals surface area contributed by atoms with Crippen molar-refractivity contribution in [3.8, 4) is 11.4 Å². The molecule has 0 bridgehead atoms. The topological polar surface area (TPSA) is 9.86 Å². The van der Waals surface area contributed by atoms with Gasteiger partial charge in [0.2, 0.25) is 0 Å². The average Bonchev–Trinajstić information content (AvgIpc) is 4.12. The quantitative estimate of drug-likeness (QED) is 0.116. The molecule has 304 valence electrons. The average molecular weight is 879 g/mol. The summed E-state index contributed by atoms with van der Waals surface area (Å²) in [7, 11) is -3.00. The number of aromatic nitrogens is 2. The highest BCUT2D eigenvalue weighted by Crippen LogP contribution is 2.40. The lowest BCUT2D eigenvalue weighted by Crippen LogP contribution is -2.74. The Labute approximate surface area is 384 Å². The largest absolute Gasteiger partial charge is 0.309 e. The van der Waals surface area contributed by atoms with Gasteiger partial charge in [0.25, 0.3) is 0 Å². The fraction of sp³-hybridized carbons (Fsp3) is 0. The molecule has 0 saturated heterocycles. The Morgan fingerprint density at radius 3 is 1.42 bits per heavy atom. The number of thiophene rings is 2. The van der Waals surface area contributed by atoms with Crippen molar-refractivity contribution in [2.24, 2.45) is 0 Å². The van der Waals surface area contributed by atoms with Crippen molar-refractivity contribution in [3.63, 3.8) is 0 Å². The van der Waals surface area contributed by atoms with Gasteiger partial charge >= 0.3 is 0 Å². The monoisotopic (exact) mass is 878 g/mol. The van der Waals surface area contributed by atoms with Gasteiger partial charge in [0.15, 0.2) is 8.07 Å². The third-order valence-corrected chi connectivity index (χ3v) is 21.0. The second-order valence-corrected chi connectivity index (χ2v) is 23.1. The number of benzene rings is 10. The lowest BCUT2D eigenvalue weighted by molar-refractivity contribution is 1.17. The molecule has 0 saturated carbocycles. The summed E-state index contributed by atoms with van der Waals surface area (Å²) in [4.78, 5) is 0. The van der Waals surface area contributed by atoms with Gasteiger partial charge in [0, 0.05) is 73.3 Å². The molecule has 0 aliphatic carbocycles. The van der Waals surface area contributed by atoms with Crippen molar-refractivity contribution in [2.45, 2.75) is 0 Å². The van der Waals surface area contributed by atoms with Crippen molar-refractivity contribution in [3.05, 3.63) is 231 Å². The van der Waals surface area contributed by atoms with Crippen molar-refractivity contribution >= 4 is 135 Å². The van der Waals surface area contributed by atoms with Gasteiger partial charge in [0.05, 0.1) is 22.1 Å². The fourth-order valence-corrected chi connectivity index (χ4v) is 18.3. The van der Waals surface area contributed by atoms with Crippen LogP contribution in [0, 0.1) is 0 Å². The van der Waals surface area contributed by atoms with Crippen LogP contribution in [0.15, 0.2) is 231 Å². The Balaban J connectivity index is 1.05. The Morgan fingerprint density at radius 2 is 0.738 bits per heavy atom. The van der Waals surface area contributed by atoms with Crippen LogP contribution in [0.1, 0.15) is 0 Å². The van der Waals surface area contributed by atoms with Crippen molar-refractivity contribution < 1.29 is 0 Å². The minimum Gasteiger partial charge on any atom is -0.309 e. The highest BCUT2D eigenvalue weighted by Gasteiger charge is 2.43. The van der Waals surface area contributed by atoms with E-state index >= 15 is 0 Å². The van der Waals surface area contributed by atoms with E-state index in [2.05, 4.69) is 240 Å². The van der Waals surface area contributed by atoms with E-state index in [1.165, 1.54) is 110 Å². The van der Waals surface area contributed by atoms with Crippen LogP contribution >= 0.6 is 22.7 Å². The summed E-state index contributed by atoms with van der Waals surface area (Å²) in [5.74, 6) is 0. The second kappa shape index (κ2) is 14.2. The molecule has 0 N–H and O–H groups in total. The molecule has 0 fully saturated rings. The first-order valence-corrected chi connectivity index (χ1v) is 25.9. The maximum atomic E-state index is 2.54. The van der Waals surface area contributed by atoms with Gasteiger partial charge in [-0.25, -0.2) is 0 Å². The molecular formula is C60H38N2S2Si. The molecule has 0 amide bonds. The van der Waals surface area contributed by atoms with E-state index in [1.807, 2.05) is 22.7 Å². The molecule has 14 aromatic rings. The Bertz CT molecular complexity index is 4150. The van der Waals surface area contributed by atoms with E-state index < -0.39 is 8.07 Å². The molecule has 65 heavy (non-hydrogen) atoms. The van der Waals surface area contributed by atoms with E-state index in [0.717, 1.165) is 5.69 Å². The predicted molar refractivity (Wildman–Crippen MR) is 285 cm³/mol. The Morgan fingerprint density at radius 1 is 0.277 bits per heavy atom. The minimum absolute atomic E-state index is 1.15. The molecule has 0 aliphatic rings. The molecule has 14 rings (SSSR count). The van der Waals surface area contributed by atoms with Crippen molar-refractivity contribution in [1.29, 1.82) is 0 Å². The van der Waals surface area contributed by atoms with Crippen LogP contribution in [-0.2, 0) is 0 Å². The number of rotatable bonds is 6. The van der Waals surface area contributed by atoms with Crippen molar-refractivity contribution in [2.75, 3.05) is 0 Å². The molecule has 0 aliphatic heterocycles. The van der Waals surface area contributed by atoms with Gasteiger partial charge in [-0.1, -0.05) is 158 Å². The molecule has 5 heteroatoms. The smallest absolute Gasteiger partial charge is 0.180 e. The molecule has 0 atom stereocenters. The van der Waals surface area contributed by atoms with Crippen LogP contribution in [0.5, 0.6) is 0 Å². The summed E-state index contributed by atoms with van der Waals surface area (Å²) in [6, 6.07) is 87.0. The van der Waals surface area contributed by atoms with Gasteiger partial charge in [-0.05, 0) is 93.5 Å². The van der Waals surface area contributed by atoms with Gasteiger partial charge in [-0.2, -0.15) is 0 Å². The summed E-state index contributed by atoms with van der Waals surface area (Å²) in [6.07, 6.45) is 0. The zero-order valence-corrected chi connectivity index (χ0v) is 37.8. The third kappa shape index (κ3) is 5.32. The molecule has 0 spiro atoms. The van der Waals surface area contributed by atoms with Crippen LogP contribution in [0.3, 0.4) is 0 Å². The molecule has 10 aromatic carbocycles. The number of nitrogens with zero attached hydrogens (tertiary/aromatic N) is 2. The first-order valence-electron chi connectivity index (χ1n) is 22.2. The molecule has 0 radical (unpaired) electrons. The maximum Gasteiger partial charge on any atom is 0.180 e. The molecule has 4 aromatic heterocycles. The van der Waals surface area contributed by atoms with E-state index in [-0.39, 0.29) is 0 Å². The molecule has 2 nitrogen and oxygen atoms in total. The Kier molecular flexibility index (Phi) is 8.08. The number of hydrogen-bond donors (Lipinski definition) is 0. The highest BCUT2D eigenvalue weighted by molar-refractivity contribution is 7.26. The predicted octanol–water partition coefficient (Wildman–Crippen LogP) is 14.0. The molecule has 4 heterocycles. The summed E-state index contributed by atoms with van der Waals surface area (Å²) in [5, 5.41) is 15.9. The van der Waals surface area contributed by atoms with E-state index in [9.17, 15) is 0 Å². The Hall–Kier alpha value is -7.54. The lowest BCUT2D eigenvalue weighted by Gasteiger charge is -2.35. The normalized spacial score (nSPS) is 12.3. The van der Waals surface area contributed by atoms with Crippen LogP contribution in [0.2, 0.25) is 0 Å². The number of para-hydroxylation sites is 2. The molecular weight excluding hydrogens is 841 g/mol. The van der Waals surface area contributed by atoms with Crippen LogP contribution in [0.25, 0.3) is 95.3 Å². The first kappa shape index (κ1) is 36.9. The van der Waals surface area contributed by atoms with Crippen LogP contribution in [0.4, 0.5) is 0 Å². The van der Waals surface area contributed by atoms with Gasteiger partial charge in [-0.15, -0.1) is 22.7 Å². The third-order valence-electron chi connectivity index (χ3n) is 13.9. The zero-order valence-electron chi connectivity index (χ0n) is 35.2. The first-order chi connectivity index (χ1) is 32.2. The number of fused-ring (bicyclic) bond motifs is 12. The van der Waals surface area contributed by atoms with E-state index in [1.54, 1.807) is 0 Å². The van der Waals surface area contributed by atoms with Crippen LogP contribution < -0.4 is 20.7 Å². The maximum absolute atomic E-state index is 3.00. The second-order valence-electron chi connectivity index (χ2n) is 17.2. The van der Waals surface area contributed by atoms with E-state index in [4.69, 9.17) is 0 Å².